The zero-order chi connectivity index (χ0) is 79.4. The van der Waals surface area contributed by atoms with Gasteiger partial charge in [0.1, 0.15) is 24.3 Å². The summed E-state index contributed by atoms with van der Waals surface area (Å²) in [5, 5.41) is 58.8. The lowest BCUT2D eigenvalue weighted by molar-refractivity contribution is -0.168. The van der Waals surface area contributed by atoms with Crippen LogP contribution in [0.15, 0.2) is 0 Å². The number of esters is 2. The number of cyclic esters (lactones) is 2. The van der Waals surface area contributed by atoms with Crippen molar-refractivity contribution in [1.29, 1.82) is 0 Å². The van der Waals surface area contributed by atoms with E-state index in [-0.39, 0.29) is 60.6 Å². The molecule has 2 aliphatic rings. The van der Waals surface area contributed by atoms with Gasteiger partial charge in [-0.1, -0.05) is 408 Å². The zero-order valence-electron chi connectivity index (χ0n) is 74.1. The van der Waals surface area contributed by atoms with E-state index in [2.05, 4.69) is 68.5 Å². The largest absolute Gasteiger partial charge is 0.460 e. The van der Waals surface area contributed by atoms with Gasteiger partial charge in [0.25, 0.3) is 0 Å². The van der Waals surface area contributed by atoms with Crippen molar-refractivity contribution in [2.75, 3.05) is 58.9 Å². The first-order chi connectivity index (χ1) is 53.3. The Bertz CT molecular complexity index is 1810. The summed E-state index contributed by atoms with van der Waals surface area (Å²) in [6.45, 7) is 22.0. The molecule has 2 saturated heterocycles. The molecule has 2 fully saturated rings. The molecule has 0 amide bonds. The van der Waals surface area contributed by atoms with Crippen molar-refractivity contribution in [2.45, 2.75) is 546 Å². The predicted octanol–water partition coefficient (Wildman–Crippen LogP) is 24.9. The highest BCUT2D eigenvalue weighted by atomic mass is 16.6. The lowest BCUT2D eigenvalue weighted by atomic mass is 10.00. The number of ether oxygens (including phenoxy) is 2. The quantitative estimate of drug-likeness (QED) is 0.0251. The van der Waals surface area contributed by atoms with Crippen LogP contribution in [0.3, 0.4) is 0 Å². The summed E-state index contributed by atoms with van der Waals surface area (Å²) in [5.41, 5.74) is 0. The Morgan fingerprint density at radius 1 is 0.303 bits per heavy atom. The third-order valence-corrected chi connectivity index (χ3v) is 24.0. The van der Waals surface area contributed by atoms with Gasteiger partial charge in [-0.25, -0.2) is 0 Å². The normalized spacial score (nSPS) is 17.8. The first-order valence-corrected chi connectivity index (χ1v) is 49.1. The summed E-state index contributed by atoms with van der Waals surface area (Å²) in [6, 6.07) is -0.509. The number of β-amino-alcohol motifs (C(OH)–C–C–N with tert-alkyl or cyclic N) is 1. The number of carbonyl (C=O) groups excluding carboxylic acids is 2. The number of aliphatic hydroxyl groups excluding tert-OH is 5. The summed E-state index contributed by atoms with van der Waals surface area (Å²) in [5.74, 6) is -0.183. The van der Waals surface area contributed by atoms with Crippen LogP contribution >= 0.6 is 0 Å². The van der Waals surface area contributed by atoms with Gasteiger partial charge in [-0.15, -0.1) is 0 Å². The van der Waals surface area contributed by atoms with E-state index in [1.165, 1.54) is 315 Å². The molecule has 650 valence electrons. The molecule has 0 spiro atoms. The van der Waals surface area contributed by atoms with Crippen LogP contribution in [0.4, 0.5) is 0 Å². The van der Waals surface area contributed by atoms with Crippen molar-refractivity contribution >= 4 is 11.9 Å². The van der Waals surface area contributed by atoms with Gasteiger partial charge < -0.3 is 40.3 Å². The molecule has 0 bridgehead atoms. The van der Waals surface area contributed by atoms with Gasteiger partial charge in [0.05, 0.1) is 30.5 Å². The lowest BCUT2D eigenvalue weighted by Gasteiger charge is -2.39. The van der Waals surface area contributed by atoms with Crippen LogP contribution in [0.2, 0.25) is 0 Å². The average Bonchev–Trinajstić information content (AvgIpc) is 0.844. The standard InChI is InChI=1S/C54H108N2O5.C42H84N2O4/c1-5-9-13-17-21-25-29-33-39-49(57)45-55(46-50(58)40-34-30-26-22-18-14-10-6-2)44-38-37-43-53-54(60)61-52(42-36-32-28-24-20-16-12-8-4)48-56(53)47-51(59)41-35-31-27-23-19-15-11-7-3;1-4-7-10-13-16-19-22-25-30-38(45)36-44(37-39(46)31-26-23-20-17-14-11-8-5-2)34-29-28-33-41-42(47)48-40(35-43-41)32-27-24-21-18-15-12-9-6-3/h49-53,57-59H,5-48H2,1-4H3;38-41,43,45-46H,4-37H2,1-3H3. The maximum atomic E-state index is 13.7. The Morgan fingerprint density at radius 3 is 0.853 bits per heavy atom. The predicted molar refractivity (Wildman–Crippen MR) is 468 cm³/mol. The van der Waals surface area contributed by atoms with Crippen molar-refractivity contribution in [1.82, 2.24) is 20.0 Å². The molecule has 0 radical (unpaired) electrons. The third kappa shape index (κ3) is 67.3. The van der Waals surface area contributed by atoms with E-state index in [0.717, 1.165) is 155 Å². The molecule has 0 aromatic heterocycles. The number of hydrogen-bond acceptors (Lipinski definition) is 13. The Balaban J connectivity index is 0.00000112. The van der Waals surface area contributed by atoms with Gasteiger partial charge in [0.2, 0.25) is 0 Å². The first-order valence-electron chi connectivity index (χ1n) is 49.1. The molecular formula is C96H192N4O9. The van der Waals surface area contributed by atoms with Crippen LogP contribution in [0.25, 0.3) is 0 Å². The van der Waals surface area contributed by atoms with Crippen LogP contribution in [0.5, 0.6) is 0 Å². The molecule has 13 nitrogen and oxygen atoms in total. The maximum absolute atomic E-state index is 13.7. The molecule has 6 N–H and O–H groups in total. The number of nitrogens with one attached hydrogen (secondary N) is 1. The molecule has 0 aromatic carbocycles. The molecule has 9 atom stereocenters. The second-order valence-corrected chi connectivity index (χ2v) is 35.2. The fourth-order valence-corrected chi connectivity index (χ4v) is 16.9. The number of aliphatic hydroxyl groups is 5. The highest BCUT2D eigenvalue weighted by Crippen LogP contribution is 2.26. The fourth-order valence-electron chi connectivity index (χ4n) is 16.9. The monoisotopic (exact) mass is 1550 g/mol. The lowest BCUT2D eigenvalue weighted by Crippen LogP contribution is -2.54. The number of morpholine rings is 2. The highest BCUT2D eigenvalue weighted by Gasteiger charge is 2.37. The first kappa shape index (κ1) is 106. The van der Waals surface area contributed by atoms with E-state index in [0.29, 0.717) is 32.7 Å². The minimum Gasteiger partial charge on any atom is -0.460 e. The molecule has 2 rings (SSSR count). The van der Waals surface area contributed by atoms with Gasteiger partial charge in [0.15, 0.2) is 0 Å². The van der Waals surface area contributed by atoms with E-state index in [1.54, 1.807) is 0 Å². The molecule has 2 heterocycles. The van der Waals surface area contributed by atoms with E-state index < -0.39 is 6.10 Å². The second-order valence-electron chi connectivity index (χ2n) is 35.2. The maximum Gasteiger partial charge on any atom is 0.323 e. The number of nitrogens with zero attached hydrogens (tertiary/aromatic N) is 3. The number of hydrogen-bond donors (Lipinski definition) is 6. The highest BCUT2D eigenvalue weighted by molar-refractivity contribution is 5.77. The minimum absolute atomic E-state index is 0.0226. The topological polar surface area (TPSA) is 175 Å². The van der Waals surface area contributed by atoms with Gasteiger partial charge in [-0.05, 0) is 96.6 Å². The van der Waals surface area contributed by atoms with Gasteiger partial charge in [-0.3, -0.25) is 24.3 Å². The van der Waals surface area contributed by atoms with Gasteiger partial charge in [0, 0.05) is 45.8 Å². The summed E-state index contributed by atoms with van der Waals surface area (Å²) in [6.07, 6.45) is 80.5. The molecule has 9 unspecified atom stereocenters. The number of carbonyl (C=O) groups is 2. The number of unbranched alkanes of at least 4 members (excludes halogenated alkanes) is 51. The summed E-state index contributed by atoms with van der Waals surface area (Å²) >= 11 is 0. The second kappa shape index (κ2) is 80.4. The Hall–Kier alpha value is -1.42. The third-order valence-electron chi connectivity index (χ3n) is 24.0. The fraction of sp³-hybridized carbons (Fsp3) is 0.979. The van der Waals surface area contributed by atoms with Crippen molar-refractivity contribution in [3.8, 4) is 0 Å². The SMILES string of the molecule is CCCCCCCCCCC(O)CN(CCCCC1C(=O)OC(CCCCCCCCCC)CN1CC(O)CCCCCCCCCC)CC(O)CCCCCCCCCC.CCCCCCCCCCC(O)CN(CCCCC1NCC(CCCCCCCCCC)OC1=O)CC(O)CCCCCCCCCC. The summed E-state index contributed by atoms with van der Waals surface area (Å²) < 4.78 is 11.9. The van der Waals surface area contributed by atoms with E-state index in [4.69, 9.17) is 9.47 Å². The summed E-state index contributed by atoms with van der Waals surface area (Å²) in [7, 11) is 0. The smallest absolute Gasteiger partial charge is 0.323 e. The molecule has 0 saturated carbocycles. The van der Waals surface area contributed by atoms with Crippen molar-refractivity contribution < 1.29 is 44.6 Å². The van der Waals surface area contributed by atoms with Crippen LogP contribution < -0.4 is 5.32 Å². The molecular weight excluding hydrogens is 1350 g/mol. The van der Waals surface area contributed by atoms with E-state index in [1.807, 2.05) is 0 Å². The molecule has 2 aliphatic heterocycles. The zero-order valence-corrected chi connectivity index (χ0v) is 74.1. The van der Waals surface area contributed by atoms with Crippen molar-refractivity contribution in [2.24, 2.45) is 0 Å². The van der Waals surface area contributed by atoms with Crippen molar-refractivity contribution in [3.63, 3.8) is 0 Å². The van der Waals surface area contributed by atoms with Crippen LogP contribution in [-0.2, 0) is 19.1 Å². The Labute approximate surface area is 678 Å². The van der Waals surface area contributed by atoms with Crippen LogP contribution in [-0.4, -0.2) is 166 Å². The van der Waals surface area contributed by atoms with Gasteiger partial charge in [-0.2, -0.15) is 0 Å². The molecule has 0 aliphatic carbocycles. The van der Waals surface area contributed by atoms with Crippen molar-refractivity contribution in [3.05, 3.63) is 0 Å². The number of rotatable bonds is 83. The van der Waals surface area contributed by atoms with Crippen LogP contribution in [0.1, 0.15) is 492 Å². The molecule has 13 heteroatoms. The molecule has 109 heavy (non-hydrogen) atoms. The Morgan fingerprint density at radius 2 is 0.550 bits per heavy atom. The Kier molecular flexibility index (Phi) is 77.9. The summed E-state index contributed by atoms with van der Waals surface area (Å²) in [4.78, 5) is 33.2. The van der Waals surface area contributed by atoms with Crippen LogP contribution in [0, 0.1) is 0 Å². The minimum atomic E-state index is -0.419. The van der Waals surface area contributed by atoms with E-state index in [9.17, 15) is 35.1 Å². The average molecular weight is 1550 g/mol. The van der Waals surface area contributed by atoms with Gasteiger partial charge >= 0.3 is 11.9 Å². The van der Waals surface area contributed by atoms with E-state index >= 15 is 0 Å². The molecule has 0 aromatic rings.